The number of sulfonamides is 1. The minimum absolute atomic E-state index is 0.0408. The summed E-state index contributed by atoms with van der Waals surface area (Å²) in [7, 11) is -1.74. The molecule has 1 aliphatic rings. The molecule has 260 valence electrons. The maximum Gasteiger partial charge on any atom is 0.240 e. The van der Waals surface area contributed by atoms with Crippen LogP contribution in [0, 0.1) is 0 Å². The molecule has 4 unspecified atom stereocenters. The van der Waals surface area contributed by atoms with Crippen molar-refractivity contribution in [2.45, 2.75) is 49.1 Å². The van der Waals surface area contributed by atoms with Crippen LogP contribution in [0.5, 0.6) is 5.75 Å². The maximum atomic E-state index is 12.9. The molecule has 1 aliphatic heterocycles. The molecule has 10 heteroatoms. The van der Waals surface area contributed by atoms with Gasteiger partial charge in [0.1, 0.15) is 5.75 Å². The largest absolute Gasteiger partial charge is 0.508 e. The van der Waals surface area contributed by atoms with Gasteiger partial charge in [0, 0.05) is 31.6 Å². The summed E-state index contributed by atoms with van der Waals surface area (Å²) in [6.07, 6.45) is -1.35. The van der Waals surface area contributed by atoms with Crippen LogP contribution in [-0.2, 0) is 32.6 Å². The molecule has 4 atom stereocenters. The van der Waals surface area contributed by atoms with Gasteiger partial charge in [-0.15, -0.1) is 0 Å². The molecule has 0 amide bonds. The molecule has 6 rings (SSSR count). The van der Waals surface area contributed by atoms with Gasteiger partial charge in [0.25, 0.3) is 0 Å². The standard InChI is InChI=1S/C40H42N2O7S/c1-42(26-38(45)32-9-7-10-34(44)22-32)25-35-23-39(30-16-14-28(27-43)15-17-30)49-40(48-35)31-20-18-29(19-21-31)37-13-6-5-8-33(37)24-41-50(46,47)36-11-3-2-4-12-36/h2-22,35,38-41,43-45H,23-27H2,1H3. The van der Waals surface area contributed by atoms with E-state index in [9.17, 15) is 23.7 Å². The van der Waals surface area contributed by atoms with Gasteiger partial charge < -0.3 is 29.7 Å². The van der Waals surface area contributed by atoms with Gasteiger partial charge >= 0.3 is 0 Å². The molecule has 50 heavy (non-hydrogen) atoms. The molecule has 0 saturated carbocycles. The van der Waals surface area contributed by atoms with Crippen molar-refractivity contribution in [1.82, 2.24) is 9.62 Å². The number of aliphatic hydroxyl groups excluding tert-OH is 2. The van der Waals surface area contributed by atoms with Gasteiger partial charge in [-0.2, -0.15) is 0 Å². The van der Waals surface area contributed by atoms with Crippen LogP contribution in [0.3, 0.4) is 0 Å². The molecule has 0 radical (unpaired) electrons. The predicted molar refractivity (Wildman–Crippen MR) is 191 cm³/mol. The maximum absolute atomic E-state index is 12.9. The summed E-state index contributed by atoms with van der Waals surface area (Å²) in [6, 6.07) is 38.3. The lowest BCUT2D eigenvalue weighted by Crippen LogP contribution is -2.39. The van der Waals surface area contributed by atoms with E-state index in [1.807, 2.05) is 84.7 Å². The predicted octanol–water partition coefficient (Wildman–Crippen LogP) is 6.24. The summed E-state index contributed by atoms with van der Waals surface area (Å²) >= 11 is 0. The monoisotopic (exact) mass is 694 g/mol. The lowest BCUT2D eigenvalue weighted by atomic mass is 9.97. The number of nitrogens with one attached hydrogen (secondary N) is 1. The quantitative estimate of drug-likeness (QED) is 0.114. The van der Waals surface area contributed by atoms with Gasteiger partial charge in [0.15, 0.2) is 6.29 Å². The molecule has 0 aromatic heterocycles. The third-order valence-corrected chi connectivity index (χ3v) is 10.3. The van der Waals surface area contributed by atoms with Crippen molar-refractivity contribution in [3.8, 4) is 16.9 Å². The molecule has 1 fully saturated rings. The highest BCUT2D eigenvalue weighted by molar-refractivity contribution is 7.89. The number of phenolic OH excluding ortho intramolecular Hbond substituents is 1. The average molecular weight is 695 g/mol. The third kappa shape index (κ3) is 8.85. The third-order valence-electron chi connectivity index (χ3n) is 8.89. The summed E-state index contributed by atoms with van der Waals surface area (Å²) in [4.78, 5) is 2.23. The molecular weight excluding hydrogens is 653 g/mol. The van der Waals surface area contributed by atoms with Crippen molar-refractivity contribution < 1.29 is 33.2 Å². The summed E-state index contributed by atoms with van der Waals surface area (Å²) in [5.41, 5.74) is 5.94. The van der Waals surface area contributed by atoms with E-state index in [-0.39, 0.29) is 36.0 Å². The van der Waals surface area contributed by atoms with Crippen molar-refractivity contribution >= 4 is 10.0 Å². The van der Waals surface area contributed by atoms with Crippen molar-refractivity contribution in [2.75, 3.05) is 20.1 Å². The van der Waals surface area contributed by atoms with Gasteiger partial charge in [-0.25, -0.2) is 13.1 Å². The fourth-order valence-electron chi connectivity index (χ4n) is 6.22. The Morgan fingerprint density at radius 2 is 1.54 bits per heavy atom. The second-order valence-electron chi connectivity index (χ2n) is 12.6. The van der Waals surface area contributed by atoms with Crippen LogP contribution >= 0.6 is 0 Å². The molecule has 1 saturated heterocycles. The number of aliphatic hydroxyl groups is 2. The van der Waals surface area contributed by atoms with E-state index < -0.39 is 22.4 Å². The van der Waals surface area contributed by atoms with Gasteiger partial charge in [-0.1, -0.05) is 103 Å². The second-order valence-corrected chi connectivity index (χ2v) is 14.4. The van der Waals surface area contributed by atoms with Crippen molar-refractivity contribution in [1.29, 1.82) is 0 Å². The van der Waals surface area contributed by atoms with Crippen LogP contribution in [0.1, 0.15) is 52.7 Å². The van der Waals surface area contributed by atoms with Crippen LogP contribution in [0.2, 0.25) is 0 Å². The first-order valence-electron chi connectivity index (χ1n) is 16.6. The average Bonchev–Trinajstić information content (AvgIpc) is 3.14. The molecule has 1 heterocycles. The summed E-state index contributed by atoms with van der Waals surface area (Å²) in [6.45, 7) is 0.975. The Balaban J connectivity index is 1.18. The van der Waals surface area contributed by atoms with E-state index in [0.717, 1.165) is 33.4 Å². The zero-order valence-electron chi connectivity index (χ0n) is 27.8. The molecule has 9 nitrogen and oxygen atoms in total. The number of likely N-dealkylation sites (N-methyl/N-ethyl adjacent to an activating group) is 1. The van der Waals surface area contributed by atoms with Crippen molar-refractivity contribution in [3.05, 3.63) is 155 Å². The number of hydrogen-bond acceptors (Lipinski definition) is 8. The number of phenols is 1. The van der Waals surface area contributed by atoms with Crippen LogP contribution in [0.15, 0.2) is 132 Å². The zero-order valence-corrected chi connectivity index (χ0v) is 28.6. The lowest BCUT2D eigenvalue weighted by molar-refractivity contribution is -0.252. The van der Waals surface area contributed by atoms with Crippen LogP contribution in [-0.4, -0.2) is 54.9 Å². The van der Waals surface area contributed by atoms with Crippen LogP contribution in [0.4, 0.5) is 0 Å². The Morgan fingerprint density at radius 3 is 2.26 bits per heavy atom. The highest BCUT2D eigenvalue weighted by atomic mass is 32.2. The fourth-order valence-corrected chi connectivity index (χ4v) is 7.25. The number of hydrogen-bond donors (Lipinski definition) is 4. The number of aromatic hydroxyl groups is 1. The van der Waals surface area contributed by atoms with E-state index in [4.69, 9.17) is 9.47 Å². The molecule has 0 aliphatic carbocycles. The van der Waals surface area contributed by atoms with Gasteiger partial charge in [0.05, 0.1) is 29.8 Å². The zero-order chi connectivity index (χ0) is 35.1. The molecule has 0 spiro atoms. The Labute approximate surface area is 293 Å². The normalized spacial score (nSPS) is 18.6. The Hall–Kier alpha value is -4.39. The van der Waals surface area contributed by atoms with Crippen LogP contribution < -0.4 is 4.72 Å². The molecular formula is C40H42N2O7S. The first-order chi connectivity index (χ1) is 24.2. The SMILES string of the molecule is CN(CC1CC(c2ccc(CO)cc2)OC(c2ccc(-c3ccccc3CNS(=O)(=O)c3ccccc3)cc2)O1)CC(O)c1cccc(O)c1. The number of nitrogens with zero attached hydrogens (tertiary/aromatic N) is 1. The van der Waals surface area contributed by atoms with E-state index in [0.29, 0.717) is 25.1 Å². The first-order valence-corrected chi connectivity index (χ1v) is 18.1. The number of rotatable bonds is 13. The topological polar surface area (TPSA) is 129 Å². The minimum atomic E-state index is -3.67. The molecule has 5 aromatic rings. The fraction of sp³-hybridized carbons (Fsp3) is 0.250. The number of benzene rings is 5. The highest BCUT2D eigenvalue weighted by Crippen LogP contribution is 2.39. The van der Waals surface area contributed by atoms with Gasteiger partial charge in [-0.3, -0.25) is 0 Å². The first kappa shape index (κ1) is 35.4. The van der Waals surface area contributed by atoms with Gasteiger partial charge in [0.2, 0.25) is 10.0 Å². The van der Waals surface area contributed by atoms with Crippen molar-refractivity contribution in [3.63, 3.8) is 0 Å². The number of ether oxygens (including phenoxy) is 2. The van der Waals surface area contributed by atoms with Crippen LogP contribution in [0.25, 0.3) is 11.1 Å². The van der Waals surface area contributed by atoms with E-state index >= 15 is 0 Å². The molecule has 4 N–H and O–H groups in total. The van der Waals surface area contributed by atoms with E-state index in [1.54, 1.807) is 54.6 Å². The van der Waals surface area contributed by atoms with Gasteiger partial charge in [-0.05, 0) is 64.7 Å². The summed E-state index contributed by atoms with van der Waals surface area (Å²) in [5.74, 6) is 0.108. The smallest absolute Gasteiger partial charge is 0.240 e. The Bertz CT molecular complexity index is 1950. The minimum Gasteiger partial charge on any atom is -0.508 e. The van der Waals surface area contributed by atoms with E-state index in [1.165, 1.54) is 0 Å². The van der Waals surface area contributed by atoms with E-state index in [2.05, 4.69) is 4.72 Å². The van der Waals surface area contributed by atoms with Crippen molar-refractivity contribution in [2.24, 2.45) is 0 Å². The molecule has 5 aromatic carbocycles. The lowest BCUT2D eigenvalue weighted by Gasteiger charge is -2.38. The second kappa shape index (κ2) is 16.1. The summed E-state index contributed by atoms with van der Waals surface area (Å²) in [5, 5.41) is 30.3. The Kier molecular flexibility index (Phi) is 11.4. The molecule has 0 bridgehead atoms. The summed E-state index contributed by atoms with van der Waals surface area (Å²) < 4.78 is 41.6. The highest BCUT2D eigenvalue weighted by Gasteiger charge is 2.33. The Morgan fingerprint density at radius 1 is 0.840 bits per heavy atom.